The van der Waals surface area contributed by atoms with E-state index in [1.165, 1.54) is 0 Å². The topological polar surface area (TPSA) is 76.0 Å². The van der Waals surface area contributed by atoms with Crippen LogP contribution in [0.4, 0.5) is 5.69 Å². The average molecular weight is 441 g/mol. The summed E-state index contributed by atoms with van der Waals surface area (Å²) in [6.45, 7) is 3.83. The van der Waals surface area contributed by atoms with E-state index in [0.29, 0.717) is 23.2 Å². The van der Waals surface area contributed by atoms with Crippen LogP contribution in [0, 0.1) is 6.92 Å². The zero-order valence-corrected chi connectivity index (χ0v) is 19.1. The second kappa shape index (κ2) is 11.4. The summed E-state index contributed by atoms with van der Waals surface area (Å²) >= 11 is 0. The molecule has 1 aliphatic carbocycles. The summed E-state index contributed by atoms with van der Waals surface area (Å²) in [5, 5.41) is 5.72. The largest absolute Gasteiger partial charge is 0.334 e. The quantitative estimate of drug-likeness (QED) is 0.594. The van der Waals surface area contributed by atoms with E-state index in [-0.39, 0.29) is 11.8 Å². The Morgan fingerprint density at radius 1 is 1.15 bits per heavy atom. The molecular formula is C27H28N4O2. The van der Waals surface area contributed by atoms with Crippen LogP contribution in [0.1, 0.15) is 35.1 Å². The van der Waals surface area contributed by atoms with Crippen LogP contribution >= 0.6 is 0 Å². The first kappa shape index (κ1) is 23.5. The third-order valence-corrected chi connectivity index (χ3v) is 5.06. The van der Waals surface area contributed by atoms with E-state index in [1.54, 1.807) is 36.7 Å². The Balaban J connectivity index is 1.72. The van der Waals surface area contributed by atoms with Crippen LogP contribution in [-0.4, -0.2) is 21.4 Å². The summed E-state index contributed by atoms with van der Waals surface area (Å²) < 4.78 is 1.91. The van der Waals surface area contributed by atoms with Crippen molar-refractivity contribution in [2.45, 2.75) is 20.3 Å². The first-order chi connectivity index (χ1) is 16.0. The fourth-order valence-electron chi connectivity index (χ4n) is 3.19. The third-order valence-electron chi connectivity index (χ3n) is 5.06. The molecule has 0 saturated heterocycles. The van der Waals surface area contributed by atoms with Crippen LogP contribution < -0.4 is 10.6 Å². The van der Waals surface area contributed by atoms with Gasteiger partial charge in [0.25, 0.3) is 11.8 Å². The molecule has 1 heterocycles. The van der Waals surface area contributed by atoms with Crippen molar-refractivity contribution < 1.29 is 9.59 Å². The van der Waals surface area contributed by atoms with E-state index in [9.17, 15) is 9.59 Å². The van der Waals surface area contributed by atoms with Crippen LogP contribution in [-0.2, 0) is 11.8 Å². The molecule has 1 aliphatic rings. The van der Waals surface area contributed by atoms with E-state index < -0.39 is 0 Å². The number of amides is 2. The summed E-state index contributed by atoms with van der Waals surface area (Å²) in [6, 6.07) is 5.25. The van der Waals surface area contributed by atoms with E-state index in [2.05, 4.69) is 15.6 Å². The number of nitrogens with zero attached hydrogens (tertiary/aromatic N) is 2. The van der Waals surface area contributed by atoms with Gasteiger partial charge in [0.15, 0.2) is 0 Å². The number of nitrogens with one attached hydrogen (secondary N) is 2. The zero-order chi connectivity index (χ0) is 23.6. The number of imidazole rings is 1. The van der Waals surface area contributed by atoms with Crippen LogP contribution in [0.5, 0.6) is 0 Å². The van der Waals surface area contributed by atoms with Crippen molar-refractivity contribution in [2.75, 3.05) is 5.32 Å². The Kier molecular flexibility index (Phi) is 8.13. The van der Waals surface area contributed by atoms with Gasteiger partial charge in [-0.05, 0) is 44.0 Å². The van der Waals surface area contributed by atoms with Gasteiger partial charge in [0.1, 0.15) is 5.82 Å². The molecule has 0 spiro atoms. The van der Waals surface area contributed by atoms with Gasteiger partial charge in [-0.3, -0.25) is 9.59 Å². The summed E-state index contributed by atoms with van der Waals surface area (Å²) in [7, 11) is 1.91. The highest BCUT2D eigenvalue weighted by molar-refractivity contribution is 6.05. The molecule has 6 heteroatoms. The molecule has 1 aromatic carbocycles. The van der Waals surface area contributed by atoms with Crippen molar-refractivity contribution in [3.63, 3.8) is 0 Å². The molecule has 0 fully saturated rings. The van der Waals surface area contributed by atoms with Gasteiger partial charge in [0, 0.05) is 48.0 Å². The first-order valence-electron chi connectivity index (χ1n) is 10.7. The van der Waals surface area contributed by atoms with Crippen LogP contribution in [0.25, 0.3) is 5.57 Å². The number of hydrogen-bond donors (Lipinski definition) is 2. The Hall–Kier alpha value is -4.19. The minimum atomic E-state index is -0.272. The van der Waals surface area contributed by atoms with Gasteiger partial charge in [-0.15, -0.1) is 0 Å². The van der Waals surface area contributed by atoms with Crippen LogP contribution in [0.15, 0.2) is 97.1 Å². The van der Waals surface area contributed by atoms with E-state index in [4.69, 9.17) is 0 Å². The highest BCUT2D eigenvalue weighted by Crippen LogP contribution is 2.19. The third kappa shape index (κ3) is 6.40. The van der Waals surface area contributed by atoms with Gasteiger partial charge in [-0.25, -0.2) is 4.98 Å². The lowest BCUT2D eigenvalue weighted by Crippen LogP contribution is -2.19. The lowest BCUT2D eigenvalue weighted by molar-refractivity contribution is -0.112. The van der Waals surface area contributed by atoms with Crippen molar-refractivity contribution in [3.8, 4) is 0 Å². The molecule has 33 heavy (non-hydrogen) atoms. The smallest absolute Gasteiger partial charge is 0.255 e. The predicted octanol–water partition coefficient (Wildman–Crippen LogP) is 5.01. The van der Waals surface area contributed by atoms with Gasteiger partial charge in [0.05, 0.1) is 0 Å². The molecule has 0 unspecified atom stereocenters. The Morgan fingerprint density at radius 3 is 2.76 bits per heavy atom. The zero-order valence-electron chi connectivity index (χ0n) is 19.1. The summed E-state index contributed by atoms with van der Waals surface area (Å²) in [4.78, 5) is 29.7. The Morgan fingerprint density at radius 2 is 2.00 bits per heavy atom. The molecule has 3 rings (SSSR count). The number of aryl methyl sites for hydroxylation is 2. The Labute approximate surface area is 194 Å². The Bertz CT molecular complexity index is 1210. The van der Waals surface area contributed by atoms with Gasteiger partial charge in [-0.1, -0.05) is 54.7 Å². The first-order valence-corrected chi connectivity index (χ1v) is 10.7. The molecule has 2 amide bonds. The summed E-state index contributed by atoms with van der Waals surface area (Å²) in [5.74, 6) is 0.337. The van der Waals surface area contributed by atoms with E-state index in [0.717, 1.165) is 17.0 Å². The highest BCUT2D eigenvalue weighted by Gasteiger charge is 2.13. The second-order valence-corrected chi connectivity index (χ2v) is 7.51. The second-order valence-electron chi connectivity index (χ2n) is 7.51. The number of carbonyl (C=O) groups is 2. The molecule has 0 bridgehead atoms. The number of aromatic nitrogens is 2. The molecule has 6 nitrogen and oxygen atoms in total. The molecule has 0 radical (unpaired) electrons. The SMILES string of the molecule is C\C=C/C=C(\C=C\NC(=O)c1ccc(C)c(NC(=O)C2=CC=CC=CC2)c1)c1nccn1C. The summed E-state index contributed by atoms with van der Waals surface area (Å²) in [6.07, 6.45) is 22.7. The molecule has 0 saturated carbocycles. The lowest BCUT2D eigenvalue weighted by atomic mass is 10.1. The maximum Gasteiger partial charge on any atom is 0.255 e. The number of carbonyl (C=O) groups excluding carboxylic acids is 2. The fourth-order valence-corrected chi connectivity index (χ4v) is 3.19. The van der Waals surface area contributed by atoms with Gasteiger partial charge in [0.2, 0.25) is 0 Å². The molecule has 2 N–H and O–H groups in total. The monoisotopic (exact) mass is 440 g/mol. The standard InChI is InChI=1S/C27H28N4O2/c1-4-5-10-21(25-28-17-18-31(25)3)15-16-29-26(32)23-14-13-20(2)24(19-23)30-27(33)22-11-8-6-7-9-12-22/h4-11,13-19H,12H2,1-3H3,(H,29,32)(H,30,33)/b5-4-,16-15+,21-10+. The van der Waals surface area contributed by atoms with Gasteiger partial charge < -0.3 is 15.2 Å². The van der Waals surface area contributed by atoms with E-state index in [1.807, 2.05) is 80.3 Å². The molecule has 168 valence electrons. The van der Waals surface area contributed by atoms with Crippen LogP contribution in [0.3, 0.4) is 0 Å². The molecule has 0 atom stereocenters. The van der Waals surface area contributed by atoms with Crippen molar-refractivity contribution in [1.82, 2.24) is 14.9 Å². The molecular weight excluding hydrogens is 412 g/mol. The maximum atomic E-state index is 12.7. The van der Waals surface area contributed by atoms with Gasteiger partial charge >= 0.3 is 0 Å². The van der Waals surface area contributed by atoms with Crippen molar-refractivity contribution in [3.05, 3.63) is 114 Å². The highest BCUT2D eigenvalue weighted by atomic mass is 16.2. The number of allylic oxidation sites excluding steroid dienone is 10. The fraction of sp³-hybridized carbons (Fsp3) is 0.148. The van der Waals surface area contributed by atoms with Crippen molar-refractivity contribution in [1.29, 1.82) is 0 Å². The van der Waals surface area contributed by atoms with E-state index >= 15 is 0 Å². The number of rotatable bonds is 7. The summed E-state index contributed by atoms with van der Waals surface area (Å²) in [5.41, 5.74) is 3.45. The van der Waals surface area contributed by atoms with Gasteiger partial charge in [-0.2, -0.15) is 0 Å². The number of benzene rings is 1. The molecule has 0 aliphatic heterocycles. The van der Waals surface area contributed by atoms with Crippen molar-refractivity contribution >= 4 is 23.1 Å². The number of hydrogen-bond acceptors (Lipinski definition) is 3. The lowest BCUT2D eigenvalue weighted by Gasteiger charge is -2.11. The minimum Gasteiger partial charge on any atom is -0.334 e. The average Bonchev–Trinajstić information content (AvgIpc) is 3.06. The normalized spacial score (nSPS) is 13.9. The minimum absolute atomic E-state index is 0.180. The molecule has 1 aromatic heterocycles. The predicted molar refractivity (Wildman–Crippen MR) is 133 cm³/mol. The number of anilines is 1. The molecule has 2 aromatic rings. The maximum absolute atomic E-state index is 12.7. The van der Waals surface area contributed by atoms with Crippen LogP contribution in [0.2, 0.25) is 0 Å². The van der Waals surface area contributed by atoms with Crippen molar-refractivity contribution in [2.24, 2.45) is 7.05 Å².